The Bertz CT molecular complexity index is 1050. The number of nitrogens with zero attached hydrogens (tertiary/aromatic N) is 3. The number of hydrogen-bond acceptors (Lipinski definition) is 8. The zero-order valence-electron chi connectivity index (χ0n) is 17.6. The van der Waals surface area contributed by atoms with Crippen molar-refractivity contribution in [1.82, 2.24) is 0 Å². The van der Waals surface area contributed by atoms with Gasteiger partial charge in [-0.15, -0.1) is 5.10 Å². The molecule has 32 heavy (non-hydrogen) atoms. The first kappa shape index (κ1) is 23.6. The van der Waals surface area contributed by atoms with Crippen molar-refractivity contribution in [1.29, 1.82) is 0 Å². The Hall–Kier alpha value is -3.05. The number of carbonyl (C=O) groups is 2. The number of imide groups is 1. The molecule has 1 atom stereocenters. The molecule has 0 aromatic heterocycles. The van der Waals surface area contributed by atoms with E-state index in [1.165, 1.54) is 27.5 Å². The van der Waals surface area contributed by atoms with Gasteiger partial charge in [0.1, 0.15) is 5.25 Å². The largest absolute Gasteiger partial charge is 0.493 e. The number of amides is 2. The molecule has 1 fully saturated rings. The van der Waals surface area contributed by atoms with E-state index in [2.05, 4.69) is 26.1 Å². The minimum absolute atomic E-state index is 0.0341. The van der Waals surface area contributed by atoms with Crippen LogP contribution in [0.5, 0.6) is 17.2 Å². The van der Waals surface area contributed by atoms with Crippen LogP contribution in [0.3, 0.4) is 0 Å². The average molecular weight is 521 g/mol. The first-order valence-corrected chi connectivity index (χ1v) is 11.0. The van der Waals surface area contributed by atoms with Gasteiger partial charge in [-0.2, -0.15) is 5.10 Å². The van der Waals surface area contributed by atoms with Gasteiger partial charge in [0.05, 0.1) is 33.2 Å². The monoisotopic (exact) mass is 520 g/mol. The Morgan fingerprint density at radius 3 is 2.31 bits per heavy atom. The first-order valence-electron chi connectivity index (χ1n) is 9.33. The second kappa shape index (κ2) is 10.5. The number of amidine groups is 1. The van der Waals surface area contributed by atoms with Crippen LogP contribution in [0.1, 0.15) is 12.0 Å². The zero-order chi connectivity index (χ0) is 23.3. The maximum Gasteiger partial charge on any atom is 0.247 e. The van der Waals surface area contributed by atoms with Gasteiger partial charge in [0, 0.05) is 16.5 Å². The van der Waals surface area contributed by atoms with Crippen LogP contribution in [0, 0.1) is 0 Å². The predicted octanol–water partition coefficient (Wildman–Crippen LogP) is 3.19. The number of anilines is 1. The zero-order valence-corrected chi connectivity index (χ0v) is 20.0. The number of nitrogens with two attached hydrogens (primary N) is 1. The van der Waals surface area contributed by atoms with Crippen molar-refractivity contribution in [3.8, 4) is 17.2 Å². The molecule has 1 aliphatic heterocycles. The van der Waals surface area contributed by atoms with Crippen molar-refractivity contribution in [2.75, 3.05) is 26.2 Å². The highest BCUT2D eigenvalue weighted by molar-refractivity contribution is 9.10. The second-order valence-electron chi connectivity index (χ2n) is 6.50. The van der Waals surface area contributed by atoms with Gasteiger partial charge in [0.25, 0.3) is 0 Å². The Morgan fingerprint density at radius 1 is 1.12 bits per heavy atom. The quantitative estimate of drug-likeness (QED) is 0.258. The summed E-state index contributed by atoms with van der Waals surface area (Å²) < 4.78 is 16.7. The van der Waals surface area contributed by atoms with Gasteiger partial charge >= 0.3 is 0 Å². The summed E-state index contributed by atoms with van der Waals surface area (Å²) in [6.07, 6.45) is 1.50. The van der Waals surface area contributed by atoms with Crippen LogP contribution in [0.2, 0.25) is 0 Å². The van der Waals surface area contributed by atoms with Crippen molar-refractivity contribution in [3.63, 3.8) is 0 Å². The summed E-state index contributed by atoms with van der Waals surface area (Å²) in [5.41, 5.74) is 7.09. The maximum absolute atomic E-state index is 12.7. The lowest BCUT2D eigenvalue weighted by Gasteiger charge is -2.14. The molecule has 11 heteroatoms. The highest BCUT2D eigenvalue weighted by Gasteiger charge is 2.40. The predicted molar refractivity (Wildman–Crippen MR) is 128 cm³/mol. The molecule has 2 N–H and O–H groups in total. The van der Waals surface area contributed by atoms with Crippen LogP contribution >= 0.6 is 27.7 Å². The van der Waals surface area contributed by atoms with E-state index >= 15 is 0 Å². The topological polar surface area (TPSA) is 116 Å². The van der Waals surface area contributed by atoms with E-state index in [1.807, 2.05) is 0 Å². The minimum Gasteiger partial charge on any atom is -0.493 e. The highest BCUT2D eigenvalue weighted by Crippen LogP contribution is 2.37. The summed E-state index contributed by atoms with van der Waals surface area (Å²) in [6, 6.07) is 10.4. The first-order chi connectivity index (χ1) is 15.4. The molecule has 0 saturated carbocycles. The molecule has 3 rings (SSSR count). The number of halogens is 1. The molecule has 0 spiro atoms. The molecule has 1 heterocycles. The molecule has 2 aromatic carbocycles. The molecule has 1 unspecified atom stereocenters. The lowest BCUT2D eigenvalue weighted by Crippen LogP contribution is -2.31. The van der Waals surface area contributed by atoms with E-state index in [0.29, 0.717) is 28.5 Å². The standard InChI is InChI=1S/C21H21BrN4O5S/c1-29-15-8-12(9-16(30-2)19(15)31-3)11-24-25-21(23)32-17-10-18(27)26(20(17)28)14-6-4-13(22)5-7-14/h4-9,11,17H,10H2,1-3H3,(H2,23,25)/b24-11+. The van der Waals surface area contributed by atoms with Gasteiger partial charge in [-0.25, -0.2) is 4.90 Å². The average Bonchev–Trinajstić information content (AvgIpc) is 3.06. The van der Waals surface area contributed by atoms with Gasteiger partial charge in [-0.3, -0.25) is 9.59 Å². The molecular formula is C21H21BrN4O5S. The molecule has 0 radical (unpaired) electrons. The van der Waals surface area contributed by atoms with Crippen LogP contribution in [0.25, 0.3) is 0 Å². The Labute approximate surface area is 197 Å². The Morgan fingerprint density at radius 2 is 1.75 bits per heavy atom. The second-order valence-corrected chi connectivity index (χ2v) is 8.63. The number of methoxy groups -OCH3 is 3. The lowest BCUT2D eigenvalue weighted by molar-refractivity contribution is -0.121. The maximum atomic E-state index is 12.7. The van der Waals surface area contributed by atoms with Crippen molar-refractivity contribution in [3.05, 3.63) is 46.4 Å². The normalized spacial score (nSPS) is 16.7. The molecule has 1 saturated heterocycles. The molecule has 168 valence electrons. The number of rotatable bonds is 7. The number of carbonyl (C=O) groups excluding carboxylic acids is 2. The molecular weight excluding hydrogens is 500 g/mol. The highest BCUT2D eigenvalue weighted by atomic mass is 79.9. The van der Waals surface area contributed by atoms with Crippen LogP contribution in [-0.4, -0.2) is 49.8 Å². The van der Waals surface area contributed by atoms with Gasteiger partial charge in [-0.05, 0) is 36.4 Å². The number of benzene rings is 2. The number of thioether (sulfide) groups is 1. The Kier molecular flexibility index (Phi) is 7.75. The van der Waals surface area contributed by atoms with E-state index < -0.39 is 5.25 Å². The van der Waals surface area contributed by atoms with E-state index in [-0.39, 0.29) is 23.4 Å². The summed E-state index contributed by atoms with van der Waals surface area (Å²) in [4.78, 5) is 26.3. The summed E-state index contributed by atoms with van der Waals surface area (Å²) in [7, 11) is 4.55. The van der Waals surface area contributed by atoms with E-state index in [0.717, 1.165) is 21.1 Å². The van der Waals surface area contributed by atoms with Gasteiger partial charge in [0.2, 0.25) is 17.6 Å². The van der Waals surface area contributed by atoms with Crippen molar-refractivity contribution >= 4 is 56.6 Å². The van der Waals surface area contributed by atoms with Gasteiger partial charge in [-0.1, -0.05) is 27.7 Å². The summed E-state index contributed by atoms with van der Waals surface area (Å²) in [6.45, 7) is 0. The third-order valence-electron chi connectivity index (χ3n) is 4.50. The summed E-state index contributed by atoms with van der Waals surface area (Å²) >= 11 is 4.34. The van der Waals surface area contributed by atoms with Crippen LogP contribution in [0.15, 0.2) is 51.1 Å². The SMILES string of the molecule is COc1cc(/C=N/N=C(\N)SC2CC(=O)N(c3ccc(Br)cc3)C2=O)cc(OC)c1OC. The van der Waals surface area contributed by atoms with Crippen LogP contribution in [-0.2, 0) is 9.59 Å². The summed E-state index contributed by atoms with van der Waals surface area (Å²) in [5, 5.41) is 7.31. The Balaban J connectivity index is 1.70. The van der Waals surface area contributed by atoms with E-state index in [9.17, 15) is 9.59 Å². The molecule has 0 bridgehead atoms. The van der Waals surface area contributed by atoms with Crippen molar-refractivity contribution in [2.24, 2.45) is 15.9 Å². The van der Waals surface area contributed by atoms with E-state index in [4.69, 9.17) is 19.9 Å². The van der Waals surface area contributed by atoms with Crippen LogP contribution in [0.4, 0.5) is 5.69 Å². The van der Waals surface area contributed by atoms with E-state index in [1.54, 1.807) is 36.4 Å². The molecule has 2 aromatic rings. The molecule has 1 aliphatic rings. The number of ether oxygens (including phenoxy) is 3. The third kappa shape index (κ3) is 5.22. The molecule has 9 nitrogen and oxygen atoms in total. The van der Waals surface area contributed by atoms with Crippen molar-refractivity contribution in [2.45, 2.75) is 11.7 Å². The van der Waals surface area contributed by atoms with Gasteiger partial charge in [0.15, 0.2) is 16.7 Å². The van der Waals surface area contributed by atoms with Crippen molar-refractivity contribution < 1.29 is 23.8 Å². The summed E-state index contributed by atoms with van der Waals surface area (Å²) in [5.74, 6) is 0.786. The lowest BCUT2D eigenvalue weighted by atomic mass is 10.2. The fourth-order valence-corrected chi connectivity index (χ4v) is 4.14. The third-order valence-corrected chi connectivity index (χ3v) is 6.01. The fraction of sp³-hybridized carbons (Fsp3) is 0.238. The number of hydrogen-bond donors (Lipinski definition) is 1. The molecule has 2 amide bonds. The van der Waals surface area contributed by atoms with Crippen LogP contribution < -0.4 is 24.8 Å². The van der Waals surface area contributed by atoms with Gasteiger partial charge < -0.3 is 19.9 Å². The minimum atomic E-state index is -0.661. The molecule has 0 aliphatic carbocycles. The smallest absolute Gasteiger partial charge is 0.247 e. The fourth-order valence-electron chi connectivity index (χ4n) is 3.06.